The van der Waals surface area contributed by atoms with E-state index in [0.29, 0.717) is 12.1 Å². The fraction of sp³-hybridized carbons (Fsp3) is 0.440. The van der Waals surface area contributed by atoms with Crippen molar-refractivity contribution >= 4 is 45.0 Å². The van der Waals surface area contributed by atoms with Crippen LogP contribution in [0.1, 0.15) is 33.5 Å². The molecule has 8 heteroatoms. The van der Waals surface area contributed by atoms with Gasteiger partial charge in [0.15, 0.2) is 5.13 Å². The maximum Gasteiger partial charge on any atom is 0.260 e. The standard InChI is InChI=1S/C25H31N3O3S.ClH/c1-17-6-8-20(16-19(17)3)24(29)28(11-5-10-27-12-14-31-15-13-27)25-26-22-21(30-4)9-7-18(2)23(22)32-25;/h6-9,16H,5,10-15H2,1-4H3;1H. The molecule has 0 saturated carbocycles. The zero-order chi connectivity index (χ0) is 22.7. The van der Waals surface area contributed by atoms with Crippen molar-refractivity contribution in [3.8, 4) is 5.75 Å². The molecule has 1 aliphatic rings. The van der Waals surface area contributed by atoms with Gasteiger partial charge < -0.3 is 9.47 Å². The highest BCUT2D eigenvalue weighted by molar-refractivity contribution is 7.22. The second kappa shape index (κ2) is 11.3. The number of fused-ring (bicyclic) bond motifs is 1. The zero-order valence-electron chi connectivity index (χ0n) is 19.7. The van der Waals surface area contributed by atoms with Gasteiger partial charge in [-0.25, -0.2) is 4.98 Å². The minimum atomic E-state index is -0.00856. The molecular formula is C25H32ClN3O3S. The van der Waals surface area contributed by atoms with E-state index < -0.39 is 0 Å². The number of thiazole rings is 1. The molecule has 33 heavy (non-hydrogen) atoms. The summed E-state index contributed by atoms with van der Waals surface area (Å²) in [6.45, 7) is 11.2. The third kappa shape index (κ3) is 5.66. The second-order valence-corrected chi connectivity index (χ2v) is 9.30. The van der Waals surface area contributed by atoms with Crippen LogP contribution in [-0.2, 0) is 4.74 Å². The third-order valence-corrected chi connectivity index (χ3v) is 7.32. The van der Waals surface area contributed by atoms with Crippen molar-refractivity contribution in [3.05, 3.63) is 52.6 Å². The van der Waals surface area contributed by atoms with Crippen molar-refractivity contribution in [2.24, 2.45) is 0 Å². The number of rotatable bonds is 7. The summed E-state index contributed by atoms with van der Waals surface area (Å²) in [6, 6.07) is 9.89. The van der Waals surface area contributed by atoms with E-state index in [9.17, 15) is 4.79 Å². The molecule has 0 atom stereocenters. The van der Waals surface area contributed by atoms with Crippen LogP contribution < -0.4 is 9.64 Å². The molecule has 1 saturated heterocycles. The lowest BCUT2D eigenvalue weighted by Crippen LogP contribution is -2.39. The van der Waals surface area contributed by atoms with E-state index in [4.69, 9.17) is 14.5 Å². The van der Waals surface area contributed by atoms with E-state index in [2.05, 4.69) is 18.7 Å². The Labute approximate surface area is 205 Å². The molecule has 0 radical (unpaired) electrons. The summed E-state index contributed by atoms with van der Waals surface area (Å²) in [6.07, 6.45) is 0.878. The smallest absolute Gasteiger partial charge is 0.260 e. The summed E-state index contributed by atoms with van der Waals surface area (Å²) < 4.78 is 12.0. The van der Waals surface area contributed by atoms with Crippen LogP contribution in [0.25, 0.3) is 10.2 Å². The lowest BCUT2D eigenvalue weighted by molar-refractivity contribution is 0.0376. The Hall–Kier alpha value is -2.19. The van der Waals surface area contributed by atoms with E-state index in [0.717, 1.165) is 71.5 Å². The number of halogens is 1. The summed E-state index contributed by atoms with van der Waals surface area (Å²) in [7, 11) is 1.66. The number of carbonyl (C=O) groups is 1. The van der Waals surface area contributed by atoms with Crippen molar-refractivity contribution in [2.75, 3.05) is 51.4 Å². The second-order valence-electron chi connectivity index (χ2n) is 8.32. The first-order chi connectivity index (χ1) is 15.5. The molecule has 6 nitrogen and oxygen atoms in total. The first-order valence-corrected chi connectivity index (χ1v) is 11.9. The van der Waals surface area contributed by atoms with Gasteiger partial charge in [0, 0.05) is 31.7 Å². The molecule has 0 bridgehead atoms. The van der Waals surface area contributed by atoms with Crippen molar-refractivity contribution < 1.29 is 14.3 Å². The monoisotopic (exact) mass is 489 g/mol. The van der Waals surface area contributed by atoms with Crippen LogP contribution in [0.4, 0.5) is 5.13 Å². The van der Waals surface area contributed by atoms with E-state index in [1.807, 2.05) is 42.2 Å². The summed E-state index contributed by atoms with van der Waals surface area (Å²) in [5.41, 5.74) is 4.95. The first kappa shape index (κ1) is 25.4. The molecule has 1 fully saturated rings. The number of aryl methyl sites for hydroxylation is 3. The van der Waals surface area contributed by atoms with Crippen molar-refractivity contribution in [1.29, 1.82) is 0 Å². The van der Waals surface area contributed by atoms with E-state index in [-0.39, 0.29) is 18.3 Å². The Kier molecular flexibility index (Phi) is 8.70. The average Bonchev–Trinajstić information content (AvgIpc) is 3.25. The normalized spacial score (nSPS) is 14.2. The molecule has 3 aromatic rings. The molecule has 1 aliphatic heterocycles. The molecule has 2 aromatic carbocycles. The molecule has 0 aliphatic carbocycles. The van der Waals surface area contributed by atoms with Gasteiger partial charge in [-0.1, -0.05) is 23.5 Å². The van der Waals surface area contributed by atoms with Crippen LogP contribution >= 0.6 is 23.7 Å². The number of benzene rings is 2. The number of methoxy groups -OCH3 is 1. The largest absolute Gasteiger partial charge is 0.494 e. The number of nitrogens with zero attached hydrogens (tertiary/aromatic N) is 3. The van der Waals surface area contributed by atoms with Crippen LogP contribution in [0.2, 0.25) is 0 Å². The lowest BCUT2D eigenvalue weighted by atomic mass is 10.1. The fourth-order valence-corrected chi connectivity index (χ4v) is 5.05. The molecule has 4 rings (SSSR count). The molecule has 0 spiro atoms. The van der Waals surface area contributed by atoms with Gasteiger partial charge in [-0.15, -0.1) is 12.4 Å². The fourth-order valence-electron chi connectivity index (χ4n) is 3.97. The van der Waals surface area contributed by atoms with Gasteiger partial charge in [-0.05, 0) is 62.1 Å². The Bertz CT molecular complexity index is 1110. The summed E-state index contributed by atoms with van der Waals surface area (Å²) in [4.78, 5) is 22.7. The number of hydrogen-bond donors (Lipinski definition) is 0. The highest BCUT2D eigenvalue weighted by Gasteiger charge is 2.23. The number of aromatic nitrogens is 1. The SMILES string of the molecule is COc1ccc(C)c2sc(N(CCCN3CCOCC3)C(=O)c3ccc(C)c(C)c3)nc12.Cl. The van der Waals surface area contributed by atoms with Gasteiger partial charge in [0.25, 0.3) is 5.91 Å². The van der Waals surface area contributed by atoms with E-state index in [1.54, 1.807) is 18.4 Å². The molecular weight excluding hydrogens is 458 g/mol. The topological polar surface area (TPSA) is 54.9 Å². The summed E-state index contributed by atoms with van der Waals surface area (Å²) in [5.74, 6) is 0.728. The molecule has 0 unspecified atom stereocenters. The van der Waals surface area contributed by atoms with Crippen molar-refractivity contribution in [1.82, 2.24) is 9.88 Å². The van der Waals surface area contributed by atoms with Gasteiger partial charge in [0.1, 0.15) is 11.3 Å². The Morgan fingerprint density at radius 2 is 1.85 bits per heavy atom. The molecule has 2 heterocycles. The number of anilines is 1. The molecule has 0 N–H and O–H groups in total. The van der Waals surface area contributed by atoms with E-state index in [1.165, 1.54) is 5.56 Å². The maximum absolute atomic E-state index is 13.6. The van der Waals surface area contributed by atoms with Gasteiger partial charge >= 0.3 is 0 Å². The summed E-state index contributed by atoms with van der Waals surface area (Å²) in [5, 5.41) is 0.720. The van der Waals surface area contributed by atoms with Gasteiger partial charge in [0.05, 0.1) is 25.0 Å². The lowest BCUT2D eigenvalue weighted by Gasteiger charge is -2.27. The van der Waals surface area contributed by atoms with Gasteiger partial charge in [0.2, 0.25) is 0 Å². The minimum absolute atomic E-state index is 0. The maximum atomic E-state index is 13.6. The number of morpholine rings is 1. The Morgan fingerprint density at radius 1 is 1.12 bits per heavy atom. The van der Waals surface area contributed by atoms with Crippen molar-refractivity contribution in [2.45, 2.75) is 27.2 Å². The van der Waals surface area contributed by atoms with Gasteiger partial charge in [-0.2, -0.15) is 0 Å². The quantitative estimate of drug-likeness (QED) is 0.466. The number of ether oxygens (including phenoxy) is 2. The average molecular weight is 490 g/mol. The van der Waals surface area contributed by atoms with Crippen LogP contribution in [-0.4, -0.2) is 62.3 Å². The predicted octanol–water partition coefficient (Wildman–Crippen LogP) is 5.02. The number of carbonyl (C=O) groups excluding carboxylic acids is 1. The predicted molar refractivity (Wildman–Crippen MR) is 138 cm³/mol. The van der Waals surface area contributed by atoms with Crippen LogP contribution in [0.15, 0.2) is 30.3 Å². The zero-order valence-corrected chi connectivity index (χ0v) is 21.4. The number of hydrogen-bond acceptors (Lipinski definition) is 6. The molecule has 178 valence electrons. The molecule has 1 amide bonds. The van der Waals surface area contributed by atoms with Crippen LogP contribution in [0.3, 0.4) is 0 Å². The first-order valence-electron chi connectivity index (χ1n) is 11.1. The number of amides is 1. The Balaban J connectivity index is 0.00000306. The highest BCUT2D eigenvalue weighted by atomic mass is 35.5. The third-order valence-electron chi connectivity index (χ3n) is 6.10. The van der Waals surface area contributed by atoms with Crippen LogP contribution in [0, 0.1) is 20.8 Å². The van der Waals surface area contributed by atoms with Gasteiger partial charge in [-0.3, -0.25) is 14.6 Å². The Morgan fingerprint density at radius 3 is 2.55 bits per heavy atom. The van der Waals surface area contributed by atoms with Crippen LogP contribution in [0.5, 0.6) is 5.75 Å². The summed E-state index contributed by atoms with van der Waals surface area (Å²) >= 11 is 1.56. The minimum Gasteiger partial charge on any atom is -0.494 e. The van der Waals surface area contributed by atoms with E-state index >= 15 is 0 Å². The highest BCUT2D eigenvalue weighted by Crippen LogP contribution is 2.37. The molecule has 1 aromatic heterocycles. The van der Waals surface area contributed by atoms with Crippen molar-refractivity contribution in [3.63, 3.8) is 0 Å².